The molecule has 4 bridgehead atoms. The summed E-state index contributed by atoms with van der Waals surface area (Å²) in [6, 6.07) is 9.14. The summed E-state index contributed by atoms with van der Waals surface area (Å²) in [6.07, 6.45) is -0.106. The quantitative estimate of drug-likeness (QED) is 0.324. The van der Waals surface area contributed by atoms with Crippen LogP contribution in [0.3, 0.4) is 0 Å². The van der Waals surface area contributed by atoms with Crippen LogP contribution in [0, 0.1) is 11.3 Å². The first kappa shape index (κ1) is 30.9. The van der Waals surface area contributed by atoms with Gasteiger partial charge in [0, 0.05) is 36.8 Å². The Kier molecular flexibility index (Phi) is 8.46. The highest BCUT2D eigenvalue weighted by Crippen LogP contribution is 2.60. The van der Waals surface area contributed by atoms with Gasteiger partial charge in [-0.15, -0.1) is 0 Å². The molecule has 3 unspecified atom stereocenters. The van der Waals surface area contributed by atoms with E-state index >= 15 is 0 Å². The molecule has 0 radical (unpaired) electrons. The molecule has 4 aliphatic rings. The van der Waals surface area contributed by atoms with Gasteiger partial charge in [0.05, 0.1) is 23.7 Å². The number of carbonyl (C=O) groups is 1. The SMILES string of the molecule is CC1(C)CC2CCCNc3cccc(n3)SNC(=O)c3ccc(N4C=CC(OCC(O)CC5(C(F)(F)F)CC5)N4)nc3N1C2. The molecule has 4 N–H and O–H groups in total. The first-order valence-electron chi connectivity index (χ1n) is 15.0. The van der Waals surface area contributed by atoms with E-state index in [-0.39, 0.29) is 37.3 Å². The van der Waals surface area contributed by atoms with Gasteiger partial charge in [-0.1, -0.05) is 6.07 Å². The number of ether oxygens (including phenoxy) is 1. The zero-order valence-electron chi connectivity index (χ0n) is 24.7. The van der Waals surface area contributed by atoms with Crippen molar-refractivity contribution < 1.29 is 27.8 Å². The molecule has 1 saturated carbocycles. The summed E-state index contributed by atoms with van der Waals surface area (Å²) < 4.78 is 48.5. The van der Waals surface area contributed by atoms with Gasteiger partial charge in [-0.05, 0) is 88.6 Å². The van der Waals surface area contributed by atoms with Gasteiger partial charge in [0.25, 0.3) is 5.91 Å². The molecule has 238 valence electrons. The number of hydrogen-bond donors (Lipinski definition) is 4. The number of aromatic nitrogens is 2. The molecule has 3 aliphatic heterocycles. The molecular weight excluding hydrogens is 595 g/mol. The predicted molar refractivity (Wildman–Crippen MR) is 162 cm³/mol. The minimum absolute atomic E-state index is 0.0412. The molecule has 5 heterocycles. The molecule has 14 heteroatoms. The van der Waals surface area contributed by atoms with Gasteiger partial charge in [0.2, 0.25) is 0 Å². The van der Waals surface area contributed by atoms with E-state index in [1.165, 1.54) is 0 Å². The van der Waals surface area contributed by atoms with Crippen LogP contribution in [-0.2, 0) is 4.74 Å². The Bertz CT molecular complexity index is 1400. The number of rotatable bonds is 6. The lowest BCUT2D eigenvalue weighted by atomic mass is 9.93. The summed E-state index contributed by atoms with van der Waals surface area (Å²) in [5.41, 5.74) is 1.53. The first-order chi connectivity index (χ1) is 20.9. The molecule has 2 fully saturated rings. The van der Waals surface area contributed by atoms with Crippen LogP contribution in [0.1, 0.15) is 62.7 Å². The Hall–Kier alpha value is -3.07. The van der Waals surface area contributed by atoms with Crippen LogP contribution in [0.4, 0.5) is 30.6 Å². The van der Waals surface area contributed by atoms with Crippen LogP contribution in [0.25, 0.3) is 0 Å². The monoisotopic (exact) mass is 633 g/mol. The number of alkyl halides is 3. The van der Waals surface area contributed by atoms with Gasteiger partial charge >= 0.3 is 6.18 Å². The van der Waals surface area contributed by atoms with E-state index in [1.807, 2.05) is 18.2 Å². The Morgan fingerprint density at radius 1 is 1.20 bits per heavy atom. The van der Waals surface area contributed by atoms with Gasteiger partial charge in [0.1, 0.15) is 28.7 Å². The van der Waals surface area contributed by atoms with E-state index < -0.39 is 23.9 Å². The summed E-state index contributed by atoms with van der Waals surface area (Å²) in [4.78, 5) is 25.3. The smallest absolute Gasteiger partial charge is 0.391 e. The normalized spacial score (nSPS) is 25.0. The van der Waals surface area contributed by atoms with E-state index in [0.29, 0.717) is 28.1 Å². The van der Waals surface area contributed by atoms with Crippen LogP contribution < -0.4 is 25.4 Å². The minimum Gasteiger partial charge on any atom is -0.391 e. The summed E-state index contributed by atoms with van der Waals surface area (Å²) in [5.74, 6) is 2.01. The molecular formula is C30H38F3N7O3S. The Morgan fingerprint density at radius 2 is 2.02 bits per heavy atom. The topological polar surface area (TPSA) is 115 Å². The van der Waals surface area contributed by atoms with Crippen LogP contribution >= 0.6 is 11.9 Å². The zero-order chi connectivity index (χ0) is 31.1. The fourth-order valence-corrected chi connectivity index (χ4v) is 6.94. The fraction of sp³-hybridized carbons (Fsp3) is 0.567. The Balaban J connectivity index is 1.18. The van der Waals surface area contributed by atoms with Crippen molar-refractivity contribution in [2.75, 3.05) is 34.9 Å². The van der Waals surface area contributed by atoms with Crippen molar-refractivity contribution in [3.63, 3.8) is 0 Å². The maximum Gasteiger partial charge on any atom is 0.394 e. The van der Waals surface area contributed by atoms with Crippen molar-refractivity contribution in [1.82, 2.24) is 20.1 Å². The average molecular weight is 634 g/mol. The highest BCUT2D eigenvalue weighted by atomic mass is 32.2. The van der Waals surface area contributed by atoms with E-state index in [2.05, 4.69) is 39.2 Å². The largest absolute Gasteiger partial charge is 0.394 e. The lowest BCUT2D eigenvalue weighted by Gasteiger charge is -2.34. The molecule has 1 saturated heterocycles. The molecule has 10 nitrogen and oxygen atoms in total. The van der Waals surface area contributed by atoms with Crippen molar-refractivity contribution in [3.8, 4) is 0 Å². The number of hydrogen-bond acceptors (Lipinski definition) is 10. The minimum atomic E-state index is -4.32. The molecule has 0 aromatic carbocycles. The number of hydrazine groups is 1. The molecule has 0 spiro atoms. The molecule has 1 aliphatic carbocycles. The van der Waals surface area contributed by atoms with Gasteiger partial charge < -0.3 is 20.1 Å². The first-order valence-corrected chi connectivity index (χ1v) is 15.8. The van der Waals surface area contributed by atoms with Crippen molar-refractivity contribution >= 4 is 35.3 Å². The van der Waals surface area contributed by atoms with Gasteiger partial charge in [-0.2, -0.15) is 18.6 Å². The molecule has 44 heavy (non-hydrogen) atoms. The predicted octanol–water partition coefficient (Wildman–Crippen LogP) is 5.00. The third kappa shape index (κ3) is 6.63. The summed E-state index contributed by atoms with van der Waals surface area (Å²) in [7, 11) is 0. The Morgan fingerprint density at radius 3 is 2.80 bits per heavy atom. The van der Waals surface area contributed by atoms with Crippen LogP contribution in [0.2, 0.25) is 0 Å². The van der Waals surface area contributed by atoms with Crippen molar-refractivity contribution in [2.45, 2.75) is 81.4 Å². The van der Waals surface area contributed by atoms with Gasteiger partial charge in [-0.25, -0.2) is 9.97 Å². The maximum absolute atomic E-state index is 13.5. The van der Waals surface area contributed by atoms with Crippen LogP contribution in [0.5, 0.6) is 0 Å². The number of halogens is 3. The van der Waals surface area contributed by atoms with E-state index in [9.17, 15) is 23.1 Å². The van der Waals surface area contributed by atoms with E-state index in [1.54, 1.807) is 29.4 Å². The number of carbonyl (C=O) groups excluding carboxylic acids is 1. The Labute approximate surface area is 258 Å². The number of aliphatic hydroxyl groups is 1. The van der Waals surface area contributed by atoms with Crippen molar-refractivity contribution in [2.24, 2.45) is 11.3 Å². The summed E-state index contributed by atoms with van der Waals surface area (Å²) >= 11 is 1.15. The highest BCUT2D eigenvalue weighted by molar-refractivity contribution is 7.97. The second-order valence-corrected chi connectivity index (χ2v) is 13.6. The van der Waals surface area contributed by atoms with Crippen LogP contribution in [-0.4, -0.2) is 64.7 Å². The summed E-state index contributed by atoms with van der Waals surface area (Å²) in [5, 5.41) is 16.0. The maximum atomic E-state index is 13.5. The second-order valence-electron chi connectivity index (χ2n) is 12.7. The number of nitrogens with zero attached hydrogens (tertiary/aromatic N) is 4. The molecule has 3 atom stereocenters. The fourth-order valence-electron chi connectivity index (χ4n) is 6.34. The van der Waals surface area contributed by atoms with Gasteiger partial charge in [-0.3, -0.25) is 14.5 Å². The number of amides is 1. The standard InChI is InChI=1S/C30H38F3N7O3S/c1-28(2)15-19-5-4-13-34-22-6-3-7-25(35-22)44-38-27(42)21-8-9-23(36-26(21)39(28)17-19)40-14-10-24(37-40)43-18-20(41)16-29(11-12-29)30(31,32)33/h3,6-10,14,19-20,24,37,41H,4-5,11-13,15-18H2,1-2H3,(H,34,35)(H,38,42). The van der Waals surface area contributed by atoms with Gasteiger partial charge in [0.15, 0.2) is 0 Å². The second kappa shape index (κ2) is 12.0. The zero-order valence-corrected chi connectivity index (χ0v) is 25.5. The lowest BCUT2D eigenvalue weighted by Crippen LogP contribution is -2.41. The molecule has 6 rings (SSSR count). The third-order valence-electron chi connectivity index (χ3n) is 8.86. The number of aliphatic hydroxyl groups excluding tert-OH is 1. The molecule has 2 aromatic rings. The van der Waals surface area contributed by atoms with E-state index in [0.717, 1.165) is 50.1 Å². The number of fused-ring (bicyclic) bond motifs is 6. The van der Waals surface area contributed by atoms with E-state index in [4.69, 9.17) is 9.72 Å². The molecule has 2 aromatic heterocycles. The number of pyridine rings is 2. The lowest BCUT2D eigenvalue weighted by molar-refractivity contribution is -0.196. The number of anilines is 3. The average Bonchev–Trinajstić information content (AvgIpc) is 3.50. The van der Waals surface area contributed by atoms with Crippen LogP contribution in [0.15, 0.2) is 47.6 Å². The number of nitrogens with one attached hydrogen (secondary N) is 3. The van der Waals surface area contributed by atoms with Crippen molar-refractivity contribution in [1.29, 1.82) is 0 Å². The van der Waals surface area contributed by atoms with Crippen molar-refractivity contribution in [3.05, 3.63) is 48.2 Å². The third-order valence-corrected chi connectivity index (χ3v) is 9.58. The summed E-state index contributed by atoms with van der Waals surface area (Å²) in [6.45, 7) is 5.66. The molecule has 1 amide bonds. The highest BCUT2D eigenvalue weighted by Gasteiger charge is 2.63.